The van der Waals surface area contributed by atoms with E-state index in [1.807, 2.05) is 26.0 Å². The van der Waals surface area contributed by atoms with Gasteiger partial charge in [0.15, 0.2) is 5.96 Å². The van der Waals surface area contributed by atoms with E-state index in [9.17, 15) is 5.11 Å². The lowest BCUT2D eigenvalue weighted by Gasteiger charge is -2.34. The molecule has 1 atom stereocenters. The van der Waals surface area contributed by atoms with E-state index in [0.717, 1.165) is 63.9 Å². The third-order valence-corrected chi connectivity index (χ3v) is 5.31. The van der Waals surface area contributed by atoms with Crippen LogP contribution in [0.2, 0.25) is 0 Å². The first kappa shape index (κ1) is 23.0. The normalized spacial score (nSPS) is 17.4. The Hall–Kier alpha value is -2.65. The van der Waals surface area contributed by atoms with Gasteiger partial charge >= 0.3 is 0 Å². The molecule has 1 aliphatic heterocycles. The van der Waals surface area contributed by atoms with E-state index in [1.165, 1.54) is 0 Å². The molecule has 3 N–H and O–H groups in total. The third kappa shape index (κ3) is 6.93. The smallest absolute Gasteiger partial charge is 0.225 e. The quantitative estimate of drug-likeness (QED) is 0.312. The van der Waals surface area contributed by atoms with Crippen LogP contribution in [-0.2, 0) is 5.60 Å². The van der Waals surface area contributed by atoms with Crippen molar-refractivity contribution in [3.63, 3.8) is 0 Å². The van der Waals surface area contributed by atoms with Gasteiger partial charge in [0.1, 0.15) is 17.1 Å². The molecule has 0 saturated carbocycles. The minimum absolute atomic E-state index is 0.221. The van der Waals surface area contributed by atoms with E-state index in [4.69, 9.17) is 4.42 Å². The number of hydrogen-bond donors (Lipinski definition) is 3. The van der Waals surface area contributed by atoms with Crippen LogP contribution in [0.25, 0.3) is 0 Å². The molecule has 3 heterocycles. The summed E-state index contributed by atoms with van der Waals surface area (Å²) in [6.45, 7) is 12.4. The predicted molar refractivity (Wildman–Crippen MR) is 122 cm³/mol. The first-order valence-corrected chi connectivity index (χ1v) is 11.0. The summed E-state index contributed by atoms with van der Waals surface area (Å²) in [6.07, 6.45) is 4.60. The Morgan fingerprint density at radius 1 is 1.19 bits per heavy atom. The van der Waals surface area contributed by atoms with Crippen molar-refractivity contribution >= 4 is 11.9 Å². The topological polar surface area (TPSA) is 102 Å². The van der Waals surface area contributed by atoms with Crippen molar-refractivity contribution in [2.24, 2.45) is 4.99 Å². The van der Waals surface area contributed by atoms with Crippen molar-refractivity contribution in [1.82, 2.24) is 25.5 Å². The molecular weight excluding hydrogens is 394 g/mol. The third-order valence-electron chi connectivity index (χ3n) is 5.31. The second-order valence-electron chi connectivity index (χ2n) is 8.04. The van der Waals surface area contributed by atoms with Crippen molar-refractivity contribution in [2.75, 3.05) is 57.3 Å². The molecule has 2 aromatic heterocycles. The van der Waals surface area contributed by atoms with E-state index < -0.39 is 5.60 Å². The molecule has 1 fully saturated rings. The molecular formula is C22H35N7O2. The highest BCUT2D eigenvalue weighted by Gasteiger charge is 2.26. The SMILES string of the molecule is CCNC(=NCC(C)(O)c1ccc(C)o1)NCCCN1CCN(c2ncccn2)CC1. The van der Waals surface area contributed by atoms with Gasteiger partial charge in [-0.05, 0) is 51.9 Å². The van der Waals surface area contributed by atoms with Crippen LogP contribution in [0.1, 0.15) is 31.8 Å². The molecule has 9 heteroatoms. The van der Waals surface area contributed by atoms with Gasteiger partial charge in [-0.3, -0.25) is 4.90 Å². The maximum atomic E-state index is 10.7. The molecule has 0 spiro atoms. The molecule has 2 aromatic rings. The molecule has 0 aromatic carbocycles. The molecule has 0 radical (unpaired) electrons. The summed E-state index contributed by atoms with van der Waals surface area (Å²) >= 11 is 0. The van der Waals surface area contributed by atoms with Gasteiger partial charge in [-0.15, -0.1) is 0 Å². The molecule has 170 valence electrons. The number of hydrogen-bond acceptors (Lipinski definition) is 7. The predicted octanol–water partition coefficient (Wildman–Crippen LogP) is 1.35. The number of nitrogens with zero attached hydrogens (tertiary/aromatic N) is 5. The van der Waals surface area contributed by atoms with Crippen LogP contribution in [0.4, 0.5) is 5.95 Å². The van der Waals surface area contributed by atoms with Gasteiger partial charge < -0.3 is 25.1 Å². The van der Waals surface area contributed by atoms with Gasteiger partial charge in [0.2, 0.25) is 5.95 Å². The van der Waals surface area contributed by atoms with Crippen molar-refractivity contribution < 1.29 is 9.52 Å². The van der Waals surface area contributed by atoms with Crippen LogP contribution in [-0.4, -0.2) is 78.3 Å². The number of aliphatic hydroxyl groups is 1. The fourth-order valence-corrected chi connectivity index (χ4v) is 3.51. The molecule has 1 unspecified atom stereocenters. The second kappa shape index (κ2) is 11.1. The number of anilines is 1. The molecule has 31 heavy (non-hydrogen) atoms. The van der Waals surface area contributed by atoms with Gasteiger partial charge in [-0.1, -0.05) is 0 Å². The average molecular weight is 430 g/mol. The Morgan fingerprint density at radius 3 is 2.58 bits per heavy atom. The maximum absolute atomic E-state index is 10.7. The van der Waals surface area contributed by atoms with Gasteiger partial charge in [0.05, 0.1) is 6.54 Å². The van der Waals surface area contributed by atoms with Gasteiger partial charge in [0, 0.05) is 51.7 Å². The van der Waals surface area contributed by atoms with E-state index in [1.54, 1.807) is 25.4 Å². The maximum Gasteiger partial charge on any atom is 0.225 e. The van der Waals surface area contributed by atoms with Crippen LogP contribution in [0.15, 0.2) is 40.0 Å². The number of rotatable bonds is 9. The van der Waals surface area contributed by atoms with E-state index >= 15 is 0 Å². The summed E-state index contributed by atoms with van der Waals surface area (Å²) in [5.74, 6) is 2.83. The van der Waals surface area contributed by atoms with Gasteiger partial charge in [0.25, 0.3) is 0 Å². The highest BCUT2D eigenvalue weighted by Crippen LogP contribution is 2.23. The molecule has 0 aliphatic carbocycles. The molecule has 0 bridgehead atoms. The number of guanidine groups is 1. The van der Waals surface area contributed by atoms with Crippen molar-refractivity contribution in [2.45, 2.75) is 32.8 Å². The monoisotopic (exact) mass is 429 g/mol. The highest BCUT2D eigenvalue weighted by atomic mass is 16.4. The Balaban J connectivity index is 1.39. The Morgan fingerprint density at radius 2 is 1.94 bits per heavy atom. The minimum atomic E-state index is -1.14. The lowest BCUT2D eigenvalue weighted by atomic mass is 10.0. The fourth-order valence-electron chi connectivity index (χ4n) is 3.51. The van der Waals surface area contributed by atoms with Crippen molar-refractivity contribution in [3.05, 3.63) is 42.1 Å². The molecule has 9 nitrogen and oxygen atoms in total. The van der Waals surface area contributed by atoms with E-state index in [0.29, 0.717) is 11.7 Å². The average Bonchev–Trinajstić information content (AvgIpc) is 3.23. The zero-order chi connectivity index (χ0) is 22.1. The Bertz CT molecular complexity index is 814. The standard InChI is InChI=1S/C22H35N7O2/c1-4-23-20(27-17-22(3,30)19-8-7-18(2)31-19)24-11-6-12-28-13-15-29(16-14-28)21-25-9-5-10-26-21/h5,7-10,30H,4,6,11-17H2,1-3H3,(H2,23,24,27). The van der Waals surface area contributed by atoms with Crippen LogP contribution in [0.5, 0.6) is 0 Å². The first-order chi connectivity index (χ1) is 15.0. The first-order valence-electron chi connectivity index (χ1n) is 11.0. The number of aliphatic imine (C=N–C) groups is 1. The fraction of sp³-hybridized carbons (Fsp3) is 0.591. The molecule has 1 saturated heterocycles. The van der Waals surface area contributed by atoms with Crippen LogP contribution in [0.3, 0.4) is 0 Å². The Kier molecular flexibility index (Phi) is 8.25. The molecule has 0 amide bonds. The Labute approximate surface area is 184 Å². The van der Waals surface area contributed by atoms with Crippen LogP contribution >= 0.6 is 0 Å². The number of aromatic nitrogens is 2. The van der Waals surface area contributed by atoms with Crippen LogP contribution in [0, 0.1) is 6.92 Å². The van der Waals surface area contributed by atoms with Gasteiger partial charge in [-0.25, -0.2) is 15.0 Å². The van der Waals surface area contributed by atoms with Crippen molar-refractivity contribution in [3.8, 4) is 0 Å². The summed E-state index contributed by atoms with van der Waals surface area (Å²) in [5.41, 5.74) is -1.14. The highest BCUT2D eigenvalue weighted by molar-refractivity contribution is 5.79. The van der Waals surface area contributed by atoms with Crippen molar-refractivity contribution in [1.29, 1.82) is 0 Å². The molecule has 1 aliphatic rings. The van der Waals surface area contributed by atoms with Gasteiger partial charge in [-0.2, -0.15) is 0 Å². The van der Waals surface area contributed by atoms with Crippen LogP contribution < -0.4 is 15.5 Å². The van der Waals surface area contributed by atoms with E-state index in [2.05, 4.69) is 35.4 Å². The second-order valence-corrected chi connectivity index (χ2v) is 8.04. The number of furan rings is 1. The summed E-state index contributed by atoms with van der Waals surface area (Å²) in [7, 11) is 0. The lowest BCUT2D eigenvalue weighted by molar-refractivity contribution is 0.0428. The summed E-state index contributed by atoms with van der Waals surface area (Å²) in [5, 5.41) is 17.3. The minimum Gasteiger partial charge on any atom is -0.463 e. The number of nitrogens with one attached hydrogen (secondary N) is 2. The number of aryl methyl sites for hydroxylation is 1. The summed E-state index contributed by atoms with van der Waals surface area (Å²) in [6, 6.07) is 5.50. The molecule has 3 rings (SSSR count). The zero-order valence-electron chi connectivity index (χ0n) is 18.8. The van der Waals surface area contributed by atoms with E-state index in [-0.39, 0.29) is 6.54 Å². The number of piperazine rings is 1. The largest absolute Gasteiger partial charge is 0.463 e. The summed E-state index contributed by atoms with van der Waals surface area (Å²) < 4.78 is 5.57. The lowest BCUT2D eigenvalue weighted by Crippen LogP contribution is -2.47. The summed E-state index contributed by atoms with van der Waals surface area (Å²) in [4.78, 5) is 17.9. The zero-order valence-corrected chi connectivity index (χ0v) is 18.8.